The van der Waals surface area contributed by atoms with Gasteiger partial charge in [0.25, 0.3) is 21.6 Å². The van der Waals surface area contributed by atoms with E-state index in [1.54, 1.807) is 24.3 Å². The van der Waals surface area contributed by atoms with Gasteiger partial charge in [-0.15, -0.1) is 0 Å². The number of rotatable bonds is 12. The van der Waals surface area contributed by atoms with Crippen molar-refractivity contribution in [1.29, 1.82) is 0 Å². The Morgan fingerprint density at radius 2 is 1.68 bits per heavy atom. The molecule has 0 heterocycles. The number of amides is 1. The van der Waals surface area contributed by atoms with Crippen LogP contribution in [0.15, 0.2) is 76.7 Å². The van der Waals surface area contributed by atoms with Crippen molar-refractivity contribution >= 4 is 39.5 Å². The maximum absolute atomic E-state index is 13.6. The van der Waals surface area contributed by atoms with Gasteiger partial charge in [0.2, 0.25) is 0 Å². The van der Waals surface area contributed by atoms with E-state index in [0.29, 0.717) is 17.1 Å². The predicted octanol–water partition coefficient (Wildman–Crippen LogP) is 2.81. The summed E-state index contributed by atoms with van der Waals surface area (Å²) >= 11 is 0. The summed E-state index contributed by atoms with van der Waals surface area (Å²) in [6, 6.07) is 15.9. The van der Waals surface area contributed by atoms with Gasteiger partial charge in [0.15, 0.2) is 6.61 Å². The molecule has 3 aromatic carbocycles. The molecule has 3 rings (SSSR count). The lowest BCUT2D eigenvalue weighted by molar-refractivity contribution is -0.385. The van der Waals surface area contributed by atoms with Crippen molar-refractivity contribution in [3.63, 3.8) is 0 Å². The van der Waals surface area contributed by atoms with Gasteiger partial charge in [0.05, 0.1) is 35.9 Å². The number of nitro groups is 1. The lowest BCUT2D eigenvalue weighted by Gasteiger charge is -2.24. The Kier molecular flexibility index (Phi) is 9.76. The van der Waals surface area contributed by atoms with Gasteiger partial charge in [-0.3, -0.25) is 19.2 Å². The molecule has 1 amide bonds. The highest BCUT2D eigenvalue weighted by Crippen LogP contribution is 2.29. The lowest BCUT2D eigenvalue weighted by Crippen LogP contribution is -2.39. The fourth-order valence-electron chi connectivity index (χ4n) is 3.33. The summed E-state index contributed by atoms with van der Waals surface area (Å²) in [6.45, 7) is 0.571. The first-order valence-electron chi connectivity index (χ1n) is 11.6. The van der Waals surface area contributed by atoms with Gasteiger partial charge in [-0.05, 0) is 67.1 Å². The Labute approximate surface area is 230 Å². The molecular weight excluding hydrogens is 544 g/mol. The van der Waals surface area contributed by atoms with Gasteiger partial charge in [0.1, 0.15) is 18.0 Å². The molecule has 13 nitrogen and oxygen atoms in total. The summed E-state index contributed by atoms with van der Waals surface area (Å²) in [7, 11) is -1.71. The third-order valence-corrected chi connectivity index (χ3v) is 7.25. The zero-order valence-electron chi connectivity index (χ0n) is 21.8. The Balaban J connectivity index is 1.79. The molecular formula is C26H26N4O9S. The summed E-state index contributed by atoms with van der Waals surface area (Å²) in [5.41, 5.74) is 2.91. The number of anilines is 1. The standard InChI is InChI=1S/C26H26N4O9S/c1-18-4-13-23(14-24(18)30(33)34)40(35,36)29(20-7-11-21(37-2)12-8-20)16-25(31)28-27-15-19-5-9-22(10-6-19)39-17-26(32)38-3/h4-15H,16-17H2,1-3H3,(H,28,31)/b27-15-. The van der Waals surface area contributed by atoms with E-state index in [-0.39, 0.29) is 28.4 Å². The number of nitrogens with one attached hydrogen (secondary N) is 1. The number of hydrogen-bond donors (Lipinski definition) is 1. The summed E-state index contributed by atoms with van der Waals surface area (Å²) in [5.74, 6) is -0.416. The number of sulfonamides is 1. The molecule has 3 aromatic rings. The number of methoxy groups -OCH3 is 2. The van der Waals surface area contributed by atoms with Crippen molar-refractivity contribution in [2.45, 2.75) is 11.8 Å². The zero-order chi connectivity index (χ0) is 29.3. The highest BCUT2D eigenvalue weighted by Gasteiger charge is 2.29. The first-order valence-corrected chi connectivity index (χ1v) is 13.0. The van der Waals surface area contributed by atoms with E-state index >= 15 is 0 Å². The second kappa shape index (κ2) is 13.2. The van der Waals surface area contributed by atoms with Gasteiger partial charge < -0.3 is 14.2 Å². The molecule has 0 aliphatic heterocycles. The van der Waals surface area contributed by atoms with Gasteiger partial charge >= 0.3 is 5.97 Å². The predicted molar refractivity (Wildman–Crippen MR) is 145 cm³/mol. The van der Waals surface area contributed by atoms with Gasteiger partial charge in [-0.2, -0.15) is 5.10 Å². The Morgan fingerprint density at radius 1 is 1.02 bits per heavy atom. The normalized spacial score (nSPS) is 11.1. The molecule has 0 radical (unpaired) electrons. The van der Waals surface area contributed by atoms with E-state index in [0.717, 1.165) is 10.4 Å². The molecule has 0 saturated carbocycles. The molecule has 0 spiro atoms. The third-order valence-electron chi connectivity index (χ3n) is 5.48. The van der Waals surface area contributed by atoms with Crippen LogP contribution in [0.25, 0.3) is 0 Å². The molecule has 0 unspecified atom stereocenters. The first kappa shape index (κ1) is 29.6. The quantitative estimate of drug-likeness (QED) is 0.149. The van der Waals surface area contributed by atoms with E-state index in [2.05, 4.69) is 15.3 Å². The summed E-state index contributed by atoms with van der Waals surface area (Å²) in [4.78, 5) is 34.3. The molecule has 14 heteroatoms. The van der Waals surface area contributed by atoms with Crippen LogP contribution in [-0.4, -0.2) is 58.8 Å². The Morgan fingerprint density at radius 3 is 2.27 bits per heavy atom. The van der Waals surface area contributed by atoms with Gasteiger partial charge in [-0.25, -0.2) is 18.6 Å². The SMILES string of the molecule is COC(=O)COc1ccc(/C=N\NC(=O)CN(c2ccc(OC)cc2)S(=O)(=O)c2ccc(C)c([N+](=O)[O-])c2)cc1. The van der Waals surface area contributed by atoms with Crippen molar-refractivity contribution in [3.05, 3.63) is 88.0 Å². The van der Waals surface area contributed by atoms with E-state index in [4.69, 9.17) is 9.47 Å². The van der Waals surface area contributed by atoms with Crippen molar-refractivity contribution in [3.8, 4) is 11.5 Å². The molecule has 0 saturated heterocycles. The zero-order valence-corrected chi connectivity index (χ0v) is 22.6. The fourth-order valence-corrected chi connectivity index (χ4v) is 4.77. The van der Waals surface area contributed by atoms with Crippen LogP contribution in [0.2, 0.25) is 0 Å². The van der Waals surface area contributed by atoms with E-state index in [9.17, 15) is 28.1 Å². The molecule has 0 aromatic heterocycles. The molecule has 1 N–H and O–H groups in total. The van der Waals surface area contributed by atoms with Crippen LogP contribution < -0.4 is 19.2 Å². The van der Waals surface area contributed by atoms with Crippen molar-refractivity contribution in [2.75, 3.05) is 31.7 Å². The summed E-state index contributed by atoms with van der Waals surface area (Å²) in [6.07, 6.45) is 1.33. The van der Waals surface area contributed by atoms with Crippen LogP contribution >= 0.6 is 0 Å². The number of carbonyl (C=O) groups is 2. The van der Waals surface area contributed by atoms with Gasteiger partial charge in [-0.1, -0.05) is 6.07 Å². The minimum absolute atomic E-state index is 0.130. The Bertz CT molecular complexity index is 1510. The number of carbonyl (C=O) groups excluding carboxylic acids is 2. The number of hydrogen-bond acceptors (Lipinski definition) is 10. The number of nitro benzene ring substituents is 1. The van der Waals surface area contributed by atoms with Crippen molar-refractivity contribution in [1.82, 2.24) is 5.43 Å². The molecule has 0 fully saturated rings. The number of benzene rings is 3. The third kappa shape index (κ3) is 7.54. The maximum atomic E-state index is 13.6. The average Bonchev–Trinajstić information content (AvgIpc) is 2.95. The molecule has 210 valence electrons. The lowest BCUT2D eigenvalue weighted by atomic mass is 10.2. The van der Waals surface area contributed by atoms with Crippen molar-refractivity contribution in [2.24, 2.45) is 5.10 Å². The smallest absolute Gasteiger partial charge is 0.343 e. The number of ether oxygens (including phenoxy) is 3. The van der Waals surface area contributed by atoms with Crippen LogP contribution in [0.5, 0.6) is 11.5 Å². The first-order chi connectivity index (χ1) is 19.0. The second-order valence-electron chi connectivity index (χ2n) is 8.14. The van der Waals surface area contributed by atoms with E-state index < -0.39 is 33.4 Å². The fraction of sp³-hybridized carbons (Fsp3) is 0.192. The molecule has 40 heavy (non-hydrogen) atoms. The van der Waals surface area contributed by atoms with Crippen LogP contribution in [0, 0.1) is 17.0 Å². The van der Waals surface area contributed by atoms with Gasteiger partial charge in [0, 0.05) is 11.6 Å². The minimum atomic E-state index is -4.41. The highest BCUT2D eigenvalue weighted by molar-refractivity contribution is 7.92. The summed E-state index contributed by atoms with van der Waals surface area (Å²) < 4.78 is 42.8. The molecule has 0 aliphatic rings. The average molecular weight is 571 g/mol. The molecule has 0 bridgehead atoms. The topological polar surface area (TPSA) is 167 Å². The van der Waals surface area contributed by atoms with Crippen LogP contribution in [0.4, 0.5) is 11.4 Å². The maximum Gasteiger partial charge on any atom is 0.343 e. The van der Waals surface area contributed by atoms with E-state index in [1.165, 1.54) is 63.8 Å². The largest absolute Gasteiger partial charge is 0.497 e. The number of aryl methyl sites for hydroxylation is 1. The van der Waals surface area contributed by atoms with Crippen LogP contribution in [0.1, 0.15) is 11.1 Å². The number of hydrazone groups is 1. The van der Waals surface area contributed by atoms with Crippen LogP contribution in [0.3, 0.4) is 0 Å². The Hall–Kier alpha value is -4.98. The molecule has 0 aliphatic carbocycles. The molecule has 0 atom stereocenters. The van der Waals surface area contributed by atoms with E-state index in [1.807, 2.05) is 0 Å². The summed E-state index contributed by atoms with van der Waals surface area (Å²) in [5, 5.41) is 15.3. The minimum Gasteiger partial charge on any atom is -0.497 e. The van der Waals surface area contributed by atoms with Crippen LogP contribution in [-0.2, 0) is 24.3 Å². The highest BCUT2D eigenvalue weighted by atomic mass is 32.2. The number of nitrogens with zero attached hydrogens (tertiary/aromatic N) is 3. The second-order valence-corrected chi connectivity index (χ2v) is 10.0. The monoisotopic (exact) mass is 570 g/mol. The number of esters is 1. The van der Waals surface area contributed by atoms with Crippen molar-refractivity contribution < 1.29 is 37.1 Å².